The highest BCUT2D eigenvalue weighted by molar-refractivity contribution is 7.09. The molecule has 0 saturated heterocycles. The largest absolute Gasteiger partial charge is 0.490 e. The van der Waals surface area contributed by atoms with E-state index < -0.39 is 0 Å². The Balaban J connectivity index is 2.07. The maximum Gasteiger partial charge on any atom is 0.165 e. The number of hydrogen-bond acceptors (Lipinski definition) is 5. The van der Waals surface area contributed by atoms with Gasteiger partial charge in [0.05, 0.1) is 24.4 Å². The SMILES string of the molecule is CCOc1cccc(CNC)c1OCCc1scnc1C. The summed E-state index contributed by atoms with van der Waals surface area (Å²) in [4.78, 5) is 5.54. The molecule has 0 fully saturated rings. The van der Waals surface area contributed by atoms with Gasteiger partial charge in [-0.25, -0.2) is 4.98 Å². The third kappa shape index (κ3) is 4.19. The Kier molecular flexibility index (Phi) is 6.02. The molecule has 4 nitrogen and oxygen atoms in total. The van der Waals surface area contributed by atoms with Crippen LogP contribution in [0.15, 0.2) is 23.7 Å². The lowest BCUT2D eigenvalue weighted by atomic mass is 10.2. The molecular weight excluding hydrogens is 284 g/mol. The van der Waals surface area contributed by atoms with Crippen molar-refractivity contribution in [2.75, 3.05) is 20.3 Å². The number of para-hydroxylation sites is 1. The first-order chi connectivity index (χ1) is 10.3. The predicted molar refractivity (Wildman–Crippen MR) is 86.4 cm³/mol. The van der Waals surface area contributed by atoms with E-state index in [4.69, 9.17) is 9.47 Å². The van der Waals surface area contributed by atoms with Crippen LogP contribution in [0.25, 0.3) is 0 Å². The molecule has 0 saturated carbocycles. The van der Waals surface area contributed by atoms with Crippen LogP contribution in [0.2, 0.25) is 0 Å². The van der Waals surface area contributed by atoms with E-state index in [2.05, 4.69) is 16.4 Å². The third-order valence-electron chi connectivity index (χ3n) is 3.15. The second-order valence-corrected chi connectivity index (χ2v) is 5.61. The smallest absolute Gasteiger partial charge is 0.165 e. The van der Waals surface area contributed by atoms with Crippen molar-refractivity contribution in [1.82, 2.24) is 10.3 Å². The number of hydrogen-bond donors (Lipinski definition) is 1. The van der Waals surface area contributed by atoms with Crippen LogP contribution in [0.1, 0.15) is 23.1 Å². The molecule has 114 valence electrons. The van der Waals surface area contributed by atoms with Crippen molar-refractivity contribution >= 4 is 11.3 Å². The zero-order valence-corrected chi connectivity index (χ0v) is 13.6. The maximum atomic E-state index is 6.02. The fourth-order valence-corrected chi connectivity index (χ4v) is 2.90. The van der Waals surface area contributed by atoms with Gasteiger partial charge in [-0.2, -0.15) is 0 Å². The fourth-order valence-electron chi connectivity index (χ4n) is 2.14. The average Bonchev–Trinajstić information content (AvgIpc) is 2.88. The standard InChI is InChI=1S/C16H22N2O2S/c1-4-19-14-7-5-6-13(10-17-3)16(14)20-9-8-15-12(2)18-11-21-15/h5-7,11,17H,4,8-10H2,1-3H3. The lowest BCUT2D eigenvalue weighted by molar-refractivity contribution is 0.276. The first-order valence-corrected chi connectivity index (χ1v) is 8.05. The van der Waals surface area contributed by atoms with E-state index in [0.717, 1.165) is 35.7 Å². The monoisotopic (exact) mass is 306 g/mol. The molecule has 0 aliphatic rings. The van der Waals surface area contributed by atoms with E-state index >= 15 is 0 Å². The lowest BCUT2D eigenvalue weighted by Gasteiger charge is -2.15. The van der Waals surface area contributed by atoms with Gasteiger partial charge in [0.1, 0.15) is 0 Å². The Morgan fingerprint density at radius 1 is 1.29 bits per heavy atom. The maximum absolute atomic E-state index is 6.02. The van der Waals surface area contributed by atoms with Crippen LogP contribution in [0.4, 0.5) is 0 Å². The van der Waals surface area contributed by atoms with Crippen LogP contribution in [-0.4, -0.2) is 25.2 Å². The highest BCUT2D eigenvalue weighted by Crippen LogP contribution is 2.31. The molecule has 0 unspecified atom stereocenters. The number of thiazole rings is 1. The summed E-state index contributed by atoms with van der Waals surface area (Å²) in [5.74, 6) is 1.65. The van der Waals surface area contributed by atoms with Crippen molar-refractivity contribution in [2.45, 2.75) is 26.8 Å². The zero-order valence-electron chi connectivity index (χ0n) is 12.8. The van der Waals surface area contributed by atoms with Crippen LogP contribution in [0.3, 0.4) is 0 Å². The minimum absolute atomic E-state index is 0.629. The van der Waals surface area contributed by atoms with Crippen LogP contribution >= 0.6 is 11.3 Å². The Bertz CT molecular complexity index is 545. The van der Waals surface area contributed by atoms with Crippen molar-refractivity contribution in [3.05, 3.63) is 39.8 Å². The summed E-state index contributed by atoms with van der Waals surface area (Å²) >= 11 is 1.68. The number of aromatic nitrogens is 1. The van der Waals surface area contributed by atoms with Crippen LogP contribution in [0.5, 0.6) is 11.5 Å². The Morgan fingerprint density at radius 2 is 2.14 bits per heavy atom. The number of aryl methyl sites for hydroxylation is 1. The minimum Gasteiger partial charge on any atom is -0.490 e. The normalized spacial score (nSPS) is 10.6. The van der Waals surface area contributed by atoms with Crippen molar-refractivity contribution in [3.8, 4) is 11.5 Å². The van der Waals surface area contributed by atoms with Gasteiger partial charge in [0.15, 0.2) is 11.5 Å². The molecule has 1 aromatic carbocycles. The molecule has 0 radical (unpaired) electrons. The second kappa shape index (κ2) is 8.00. The van der Waals surface area contributed by atoms with E-state index in [1.165, 1.54) is 4.88 Å². The summed E-state index contributed by atoms with van der Waals surface area (Å²) in [6.07, 6.45) is 0.871. The molecule has 1 N–H and O–H groups in total. The Hall–Kier alpha value is -1.59. The summed E-state index contributed by atoms with van der Waals surface area (Å²) in [7, 11) is 1.93. The highest BCUT2D eigenvalue weighted by atomic mass is 32.1. The molecule has 0 atom stereocenters. The van der Waals surface area contributed by atoms with E-state index in [9.17, 15) is 0 Å². The Morgan fingerprint density at radius 3 is 2.81 bits per heavy atom. The van der Waals surface area contributed by atoms with Gasteiger partial charge in [-0.05, 0) is 27.0 Å². The number of ether oxygens (including phenoxy) is 2. The van der Waals surface area contributed by atoms with Crippen molar-refractivity contribution in [1.29, 1.82) is 0 Å². The van der Waals surface area contributed by atoms with E-state index in [1.807, 2.05) is 38.5 Å². The first-order valence-electron chi connectivity index (χ1n) is 7.17. The quantitative estimate of drug-likeness (QED) is 0.813. The van der Waals surface area contributed by atoms with Gasteiger partial charge in [0.2, 0.25) is 0 Å². The molecule has 0 spiro atoms. The lowest BCUT2D eigenvalue weighted by Crippen LogP contribution is -2.10. The van der Waals surface area contributed by atoms with Gasteiger partial charge in [-0.3, -0.25) is 0 Å². The average molecular weight is 306 g/mol. The molecule has 0 bridgehead atoms. The molecule has 1 heterocycles. The molecule has 2 rings (SSSR count). The summed E-state index contributed by atoms with van der Waals surface area (Å²) in [5, 5.41) is 3.16. The summed E-state index contributed by atoms with van der Waals surface area (Å²) in [6.45, 7) is 6.04. The van der Waals surface area contributed by atoms with Gasteiger partial charge in [-0.1, -0.05) is 12.1 Å². The summed E-state index contributed by atoms with van der Waals surface area (Å²) < 4.78 is 11.7. The minimum atomic E-state index is 0.629. The van der Waals surface area contributed by atoms with Crippen LogP contribution < -0.4 is 14.8 Å². The number of benzene rings is 1. The molecule has 2 aromatic rings. The van der Waals surface area contributed by atoms with E-state index in [0.29, 0.717) is 13.2 Å². The second-order valence-electron chi connectivity index (χ2n) is 4.67. The van der Waals surface area contributed by atoms with Crippen molar-refractivity contribution < 1.29 is 9.47 Å². The number of nitrogens with zero attached hydrogens (tertiary/aromatic N) is 1. The zero-order chi connectivity index (χ0) is 15.1. The Labute approximate surface area is 130 Å². The number of rotatable bonds is 8. The van der Waals surface area contributed by atoms with Crippen molar-refractivity contribution in [3.63, 3.8) is 0 Å². The fraction of sp³-hybridized carbons (Fsp3) is 0.438. The number of nitrogens with one attached hydrogen (secondary N) is 1. The molecular formula is C16H22N2O2S. The molecule has 21 heavy (non-hydrogen) atoms. The van der Waals surface area contributed by atoms with Gasteiger partial charge in [0, 0.05) is 23.4 Å². The molecule has 0 aliphatic carbocycles. The first kappa shape index (κ1) is 15.8. The summed E-state index contributed by atoms with van der Waals surface area (Å²) in [5.41, 5.74) is 4.09. The van der Waals surface area contributed by atoms with E-state index in [-0.39, 0.29) is 0 Å². The van der Waals surface area contributed by atoms with Gasteiger partial charge in [0.25, 0.3) is 0 Å². The van der Waals surface area contributed by atoms with Gasteiger partial charge >= 0.3 is 0 Å². The topological polar surface area (TPSA) is 43.4 Å². The van der Waals surface area contributed by atoms with Gasteiger partial charge < -0.3 is 14.8 Å². The molecule has 5 heteroatoms. The van der Waals surface area contributed by atoms with Crippen LogP contribution in [0, 0.1) is 6.92 Å². The molecule has 0 aliphatic heterocycles. The van der Waals surface area contributed by atoms with Crippen molar-refractivity contribution in [2.24, 2.45) is 0 Å². The molecule has 1 aromatic heterocycles. The van der Waals surface area contributed by atoms with Gasteiger partial charge in [-0.15, -0.1) is 11.3 Å². The third-order valence-corrected chi connectivity index (χ3v) is 4.14. The molecule has 0 amide bonds. The highest BCUT2D eigenvalue weighted by Gasteiger charge is 2.11. The van der Waals surface area contributed by atoms with Crippen LogP contribution in [-0.2, 0) is 13.0 Å². The predicted octanol–water partition coefficient (Wildman–Crippen LogP) is 3.19. The van der Waals surface area contributed by atoms with E-state index in [1.54, 1.807) is 11.3 Å². The summed E-state index contributed by atoms with van der Waals surface area (Å²) in [6, 6.07) is 6.01.